The van der Waals surface area contributed by atoms with Crippen LogP contribution in [-0.4, -0.2) is 16.5 Å². The molecule has 5 heteroatoms. The van der Waals surface area contributed by atoms with Crippen LogP contribution < -0.4 is 0 Å². The Balaban J connectivity index is 0.000000191. The molecule has 0 aliphatic heterocycles. The van der Waals surface area contributed by atoms with E-state index in [1.165, 1.54) is 30.3 Å². The number of carbonyl (C=O) groups excluding carboxylic acids is 1. The lowest BCUT2D eigenvalue weighted by Gasteiger charge is -1.97. The molecular formula is C14H12F2O3. The van der Waals surface area contributed by atoms with E-state index in [0.717, 1.165) is 6.07 Å². The van der Waals surface area contributed by atoms with Gasteiger partial charge in [0.25, 0.3) is 6.43 Å². The van der Waals surface area contributed by atoms with Gasteiger partial charge in [-0.05, 0) is 24.3 Å². The van der Waals surface area contributed by atoms with Gasteiger partial charge in [0.15, 0.2) is 0 Å². The molecule has 0 heterocycles. The van der Waals surface area contributed by atoms with Crippen LogP contribution in [0.2, 0.25) is 0 Å². The van der Waals surface area contributed by atoms with Gasteiger partial charge in [0.05, 0.1) is 0 Å². The van der Waals surface area contributed by atoms with Gasteiger partial charge in [-0.3, -0.25) is 4.79 Å². The first kappa shape index (κ1) is 14.6. The van der Waals surface area contributed by atoms with Crippen LogP contribution in [0.25, 0.3) is 0 Å². The van der Waals surface area contributed by atoms with E-state index in [0.29, 0.717) is 11.8 Å². The third-order valence-corrected chi connectivity index (χ3v) is 2.13. The van der Waals surface area contributed by atoms with Crippen molar-refractivity contribution >= 4 is 6.29 Å². The monoisotopic (exact) mass is 266 g/mol. The minimum Gasteiger partial charge on any atom is -0.508 e. The Hall–Kier alpha value is -2.43. The number of carbonyl (C=O) groups is 1. The average Bonchev–Trinajstić information content (AvgIpc) is 2.39. The van der Waals surface area contributed by atoms with E-state index in [9.17, 15) is 13.6 Å². The minimum absolute atomic E-state index is 0.125. The number of hydrogen-bond donors (Lipinski definition) is 2. The molecule has 2 aromatic carbocycles. The molecule has 100 valence electrons. The second-order valence-electron chi connectivity index (χ2n) is 3.61. The first-order valence-corrected chi connectivity index (χ1v) is 5.34. The van der Waals surface area contributed by atoms with Crippen molar-refractivity contribution in [2.24, 2.45) is 0 Å². The summed E-state index contributed by atoms with van der Waals surface area (Å²) in [6.07, 6.45) is -1.81. The molecule has 0 spiro atoms. The highest BCUT2D eigenvalue weighted by Crippen LogP contribution is 2.21. The lowest BCUT2D eigenvalue weighted by atomic mass is 10.2. The summed E-state index contributed by atoms with van der Waals surface area (Å²) in [4.78, 5) is 10.0. The Kier molecular flexibility index (Phi) is 5.47. The van der Waals surface area contributed by atoms with Crippen LogP contribution in [0.15, 0.2) is 48.5 Å². The Labute approximate surface area is 108 Å². The van der Waals surface area contributed by atoms with Crippen LogP contribution in [0.3, 0.4) is 0 Å². The Morgan fingerprint density at radius 1 is 0.947 bits per heavy atom. The van der Waals surface area contributed by atoms with Gasteiger partial charge in [0, 0.05) is 11.1 Å². The number of aldehydes is 1. The van der Waals surface area contributed by atoms with E-state index in [1.807, 2.05) is 0 Å². The van der Waals surface area contributed by atoms with E-state index >= 15 is 0 Å². The summed E-state index contributed by atoms with van der Waals surface area (Å²) in [6, 6.07) is 11.2. The topological polar surface area (TPSA) is 57.5 Å². The smallest absolute Gasteiger partial charge is 0.263 e. The van der Waals surface area contributed by atoms with E-state index in [4.69, 9.17) is 10.2 Å². The number of alkyl halides is 2. The van der Waals surface area contributed by atoms with Gasteiger partial charge in [0.1, 0.15) is 17.8 Å². The average molecular weight is 266 g/mol. The zero-order valence-corrected chi connectivity index (χ0v) is 9.83. The van der Waals surface area contributed by atoms with Crippen LogP contribution >= 0.6 is 0 Å². The quantitative estimate of drug-likeness (QED) is 0.817. The summed E-state index contributed by atoms with van der Waals surface area (Å²) in [7, 11) is 0. The molecule has 0 fully saturated rings. The number of aromatic hydroxyl groups is 2. The predicted molar refractivity (Wildman–Crippen MR) is 66.6 cm³/mol. The molecule has 0 bridgehead atoms. The Bertz CT molecular complexity index is 542. The lowest BCUT2D eigenvalue weighted by molar-refractivity contribution is 0.112. The molecule has 2 aromatic rings. The van der Waals surface area contributed by atoms with Crippen molar-refractivity contribution in [2.45, 2.75) is 6.43 Å². The highest BCUT2D eigenvalue weighted by atomic mass is 19.3. The summed E-state index contributed by atoms with van der Waals surface area (Å²) in [5.41, 5.74) is 0.343. The van der Waals surface area contributed by atoms with Crippen molar-refractivity contribution in [1.82, 2.24) is 0 Å². The molecule has 2 N–H and O–H groups in total. The summed E-state index contributed by atoms with van der Waals surface area (Å²) in [6.45, 7) is 0. The fourth-order valence-corrected chi connectivity index (χ4v) is 1.26. The molecule has 0 atom stereocenters. The molecule has 0 radical (unpaired) electrons. The number of halogens is 2. The largest absolute Gasteiger partial charge is 0.508 e. The van der Waals surface area contributed by atoms with Crippen molar-refractivity contribution in [3.05, 3.63) is 59.7 Å². The molecule has 0 unspecified atom stereocenters. The SMILES string of the molecule is O=Cc1cccc(O)c1.Oc1cccc(C(F)F)c1. The summed E-state index contributed by atoms with van der Waals surface area (Å²) >= 11 is 0. The third-order valence-electron chi connectivity index (χ3n) is 2.13. The van der Waals surface area contributed by atoms with E-state index in [-0.39, 0.29) is 17.1 Å². The molecule has 0 aliphatic carbocycles. The Morgan fingerprint density at radius 2 is 1.53 bits per heavy atom. The standard InChI is InChI=1S/C7H6F2O.C7H6O2/c8-7(9)5-2-1-3-6(10)4-5;8-5-6-2-1-3-7(9)4-6/h1-4,7,10H;1-5,9H. The van der Waals surface area contributed by atoms with Gasteiger partial charge in [-0.15, -0.1) is 0 Å². The molecule has 2 rings (SSSR count). The van der Waals surface area contributed by atoms with Crippen LogP contribution in [0.4, 0.5) is 8.78 Å². The van der Waals surface area contributed by atoms with Crippen LogP contribution in [0.1, 0.15) is 22.3 Å². The van der Waals surface area contributed by atoms with Crippen LogP contribution in [0.5, 0.6) is 11.5 Å². The summed E-state index contributed by atoms with van der Waals surface area (Å²) < 4.78 is 23.7. The van der Waals surface area contributed by atoms with Crippen molar-refractivity contribution in [1.29, 1.82) is 0 Å². The zero-order valence-electron chi connectivity index (χ0n) is 9.83. The highest BCUT2D eigenvalue weighted by Gasteiger charge is 2.05. The molecule has 0 saturated carbocycles. The number of phenols is 2. The molecular weight excluding hydrogens is 254 g/mol. The summed E-state index contributed by atoms with van der Waals surface area (Å²) in [5.74, 6) is -0.00241. The van der Waals surface area contributed by atoms with Gasteiger partial charge in [-0.1, -0.05) is 24.3 Å². The Morgan fingerprint density at radius 3 is 1.89 bits per heavy atom. The molecule has 0 saturated heterocycles. The normalized spacial score (nSPS) is 9.63. The van der Waals surface area contributed by atoms with Gasteiger partial charge in [-0.2, -0.15) is 0 Å². The van der Waals surface area contributed by atoms with Crippen molar-refractivity contribution < 1.29 is 23.8 Å². The number of hydrogen-bond acceptors (Lipinski definition) is 3. The van der Waals surface area contributed by atoms with Gasteiger partial charge in [0.2, 0.25) is 0 Å². The molecule has 0 amide bonds. The van der Waals surface area contributed by atoms with Crippen molar-refractivity contribution in [2.75, 3.05) is 0 Å². The van der Waals surface area contributed by atoms with Gasteiger partial charge in [-0.25, -0.2) is 8.78 Å². The zero-order chi connectivity index (χ0) is 14.3. The van der Waals surface area contributed by atoms with E-state index in [2.05, 4.69) is 0 Å². The fraction of sp³-hybridized carbons (Fsp3) is 0.0714. The fourth-order valence-electron chi connectivity index (χ4n) is 1.26. The van der Waals surface area contributed by atoms with Gasteiger partial charge >= 0.3 is 0 Å². The highest BCUT2D eigenvalue weighted by molar-refractivity contribution is 5.75. The molecule has 19 heavy (non-hydrogen) atoms. The predicted octanol–water partition coefficient (Wildman–Crippen LogP) is 3.53. The van der Waals surface area contributed by atoms with Crippen molar-refractivity contribution in [3.8, 4) is 11.5 Å². The van der Waals surface area contributed by atoms with E-state index in [1.54, 1.807) is 12.1 Å². The van der Waals surface area contributed by atoms with E-state index < -0.39 is 6.43 Å². The van der Waals surface area contributed by atoms with Crippen LogP contribution in [0, 0.1) is 0 Å². The summed E-state index contributed by atoms with van der Waals surface area (Å²) in [5, 5.41) is 17.5. The third kappa shape index (κ3) is 5.16. The first-order valence-electron chi connectivity index (χ1n) is 5.34. The second-order valence-corrected chi connectivity index (χ2v) is 3.61. The minimum atomic E-state index is -2.51. The molecule has 3 nitrogen and oxygen atoms in total. The number of benzene rings is 2. The maximum absolute atomic E-state index is 11.8. The maximum atomic E-state index is 11.8. The lowest BCUT2D eigenvalue weighted by Crippen LogP contribution is -1.80. The van der Waals surface area contributed by atoms with Gasteiger partial charge < -0.3 is 10.2 Å². The second kappa shape index (κ2) is 7.10. The maximum Gasteiger partial charge on any atom is 0.263 e. The van der Waals surface area contributed by atoms with Crippen molar-refractivity contribution in [3.63, 3.8) is 0 Å². The number of phenolic OH excluding ortho intramolecular Hbond substituents is 2. The van der Waals surface area contributed by atoms with Crippen LogP contribution in [-0.2, 0) is 0 Å². The molecule has 0 aliphatic rings. The molecule has 0 aromatic heterocycles. The first-order chi connectivity index (χ1) is 9.02. The number of rotatable bonds is 2.